The summed E-state index contributed by atoms with van der Waals surface area (Å²) in [5.74, 6) is 0. The summed E-state index contributed by atoms with van der Waals surface area (Å²) in [7, 11) is -3.96. The Balaban J connectivity index is 2.74. The van der Waals surface area contributed by atoms with Gasteiger partial charge in [0.2, 0.25) is 10.0 Å². The zero-order valence-corrected chi connectivity index (χ0v) is 13.0. The van der Waals surface area contributed by atoms with Crippen LogP contribution >= 0.6 is 23.2 Å². The summed E-state index contributed by atoms with van der Waals surface area (Å²) in [5.41, 5.74) is 0.204. The smallest absolute Gasteiger partial charge is 0.261 e. The minimum Gasteiger partial charge on any atom is -0.392 e. The van der Waals surface area contributed by atoms with Crippen molar-refractivity contribution in [1.29, 1.82) is 0 Å². The van der Waals surface area contributed by atoms with E-state index < -0.39 is 29.7 Å². The summed E-state index contributed by atoms with van der Waals surface area (Å²) >= 11 is 11.6. The summed E-state index contributed by atoms with van der Waals surface area (Å²) < 4.78 is 54.4. The van der Waals surface area contributed by atoms with Gasteiger partial charge in [0.25, 0.3) is 6.43 Å². The maximum Gasteiger partial charge on any atom is 0.261 e. The highest BCUT2D eigenvalue weighted by Crippen LogP contribution is 2.28. The maximum absolute atomic E-state index is 12.0. The second-order valence-corrected chi connectivity index (χ2v) is 6.45. The Bertz CT molecular complexity index is 584. The minimum atomic E-state index is -3.96. The molecule has 0 amide bonds. The predicted molar refractivity (Wildman–Crippen MR) is 74.4 cm³/mol. The van der Waals surface area contributed by atoms with Crippen LogP contribution in [-0.4, -0.2) is 39.7 Å². The lowest BCUT2D eigenvalue weighted by Crippen LogP contribution is -2.28. The van der Waals surface area contributed by atoms with Gasteiger partial charge in [0, 0.05) is 11.6 Å². The van der Waals surface area contributed by atoms with Crippen molar-refractivity contribution in [1.82, 2.24) is 4.72 Å². The molecule has 10 heteroatoms. The molecule has 0 aliphatic carbocycles. The lowest BCUT2D eigenvalue weighted by molar-refractivity contribution is 0.0199. The van der Waals surface area contributed by atoms with E-state index in [4.69, 9.17) is 28.3 Å². The van der Waals surface area contributed by atoms with Crippen molar-refractivity contribution in [3.8, 4) is 0 Å². The highest BCUT2D eigenvalue weighted by molar-refractivity contribution is 7.89. The Morgan fingerprint density at radius 2 is 1.95 bits per heavy atom. The Labute approximate surface area is 130 Å². The van der Waals surface area contributed by atoms with E-state index in [1.54, 1.807) is 0 Å². The van der Waals surface area contributed by atoms with Crippen LogP contribution in [0.3, 0.4) is 0 Å². The molecule has 21 heavy (non-hydrogen) atoms. The van der Waals surface area contributed by atoms with E-state index in [0.717, 1.165) is 6.07 Å². The molecule has 1 aromatic rings. The fraction of sp³-hybridized carbons (Fsp3) is 0.455. The van der Waals surface area contributed by atoms with Crippen LogP contribution in [0.5, 0.6) is 0 Å². The monoisotopic (exact) mass is 363 g/mol. The molecule has 120 valence electrons. The quantitative estimate of drug-likeness (QED) is 0.693. The van der Waals surface area contributed by atoms with Crippen molar-refractivity contribution in [3.05, 3.63) is 27.7 Å². The highest BCUT2D eigenvalue weighted by Gasteiger charge is 2.19. The molecule has 1 rings (SSSR count). The van der Waals surface area contributed by atoms with Crippen molar-refractivity contribution >= 4 is 33.2 Å². The molecule has 0 spiro atoms. The van der Waals surface area contributed by atoms with Gasteiger partial charge in [-0.15, -0.1) is 0 Å². The number of sulfonamides is 1. The summed E-state index contributed by atoms with van der Waals surface area (Å²) in [6, 6.07) is 2.35. The van der Waals surface area contributed by atoms with Crippen LogP contribution in [0.2, 0.25) is 10.0 Å². The van der Waals surface area contributed by atoms with Crippen molar-refractivity contribution in [2.24, 2.45) is 0 Å². The van der Waals surface area contributed by atoms with E-state index in [1.165, 1.54) is 6.07 Å². The Hall–Kier alpha value is -0.510. The first-order chi connectivity index (χ1) is 9.77. The van der Waals surface area contributed by atoms with E-state index in [1.807, 2.05) is 0 Å². The molecule has 0 aliphatic heterocycles. The average Bonchev–Trinajstić information content (AvgIpc) is 2.37. The van der Waals surface area contributed by atoms with Crippen molar-refractivity contribution in [2.45, 2.75) is 17.9 Å². The zero-order valence-electron chi connectivity index (χ0n) is 10.7. The van der Waals surface area contributed by atoms with Gasteiger partial charge in [0.15, 0.2) is 0 Å². The number of rotatable bonds is 8. The van der Waals surface area contributed by atoms with Gasteiger partial charge in [-0.3, -0.25) is 0 Å². The third-order valence-corrected chi connectivity index (χ3v) is 4.62. The largest absolute Gasteiger partial charge is 0.392 e. The van der Waals surface area contributed by atoms with Crippen LogP contribution < -0.4 is 4.72 Å². The predicted octanol–water partition coefficient (Wildman–Crippen LogP) is 2.05. The fourth-order valence-electron chi connectivity index (χ4n) is 1.40. The van der Waals surface area contributed by atoms with Gasteiger partial charge >= 0.3 is 0 Å². The number of aliphatic hydroxyl groups is 1. The summed E-state index contributed by atoms with van der Waals surface area (Å²) in [6.07, 6.45) is -2.61. The van der Waals surface area contributed by atoms with Crippen LogP contribution in [0.1, 0.15) is 5.56 Å². The Morgan fingerprint density at radius 1 is 1.29 bits per heavy atom. The highest BCUT2D eigenvalue weighted by atomic mass is 35.5. The number of ether oxygens (including phenoxy) is 1. The summed E-state index contributed by atoms with van der Waals surface area (Å²) in [5, 5.41) is 9.09. The van der Waals surface area contributed by atoms with Crippen LogP contribution in [0.4, 0.5) is 8.78 Å². The fourth-order valence-corrected chi connectivity index (χ4v) is 3.26. The number of alkyl halides is 2. The molecule has 0 saturated heterocycles. The van der Waals surface area contributed by atoms with E-state index in [-0.39, 0.29) is 33.7 Å². The van der Waals surface area contributed by atoms with Gasteiger partial charge in [-0.1, -0.05) is 23.2 Å². The first-order valence-electron chi connectivity index (χ1n) is 5.72. The lowest BCUT2D eigenvalue weighted by atomic mass is 10.2. The number of nitrogens with one attached hydrogen (secondary N) is 1. The van der Waals surface area contributed by atoms with Crippen molar-refractivity contribution in [2.75, 3.05) is 19.8 Å². The maximum atomic E-state index is 12.0. The SMILES string of the molecule is O=S(=O)(NCCOCC(F)F)c1cc(CO)c(Cl)cc1Cl. The molecule has 0 saturated carbocycles. The number of benzene rings is 1. The van der Waals surface area contributed by atoms with Crippen LogP contribution in [0, 0.1) is 0 Å². The molecule has 0 unspecified atom stereocenters. The van der Waals surface area contributed by atoms with E-state index >= 15 is 0 Å². The van der Waals surface area contributed by atoms with Gasteiger partial charge in [-0.05, 0) is 17.7 Å². The lowest BCUT2D eigenvalue weighted by Gasteiger charge is -2.11. The van der Waals surface area contributed by atoms with Crippen LogP contribution in [0.15, 0.2) is 17.0 Å². The average molecular weight is 364 g/mol. The number of halogens is 4. The third kappa shape index (κ3) is 5.65. The molecule has 0 radical (unpaired) electrons. The Morgan fingerprint density at radius 3 is 2.52 bits per heavy atom. The van der Waals surface area contributed by atoms with E-state index in [2.05, 4.69) is 9.46 Å². The molecule has 0 atom stereocenters. The molecule has 0 aliphatic rings. The number of hydrogen-bond acceptors (Lipinski definition) is 4. The summed E-state index contributed by atoms with van der Waals surface area (Å²) in [6.45, 7) is -1.61. The second kappa shape index (κ2) is 8.21. The number of aliphatic hydroxyl groups excluding tert-OH is 1. The van der Waals surface area contributed by atoms with Crippen molar-refractivity contribution in [3.63, 3.8) is 0 Å². The van der Waals surface area contributed by atoms with Gasteiger partial charge in [0.1, 0.15) is 11.5 Å². The zero-order chi connectivity index (χ0) is 16.0. The molecular formula is C11H13Cl2F2NO4S. The molecule has 0 aromatic heterocycles. The first kappa shape index (κ1) is 18.5. The summed E-state index contributed by atoms with van der Waals surface area (Å²) in [4.78, 5) is -0.258. The molecule has 5 nitrogen and oxygen atoms in total. The molecule has 0 bridgehead atoms. The van der Waals surface area contributed by atoms with Crippen LogP contribution in [-0.2, 0) is 21.4 Å². The Kier molecular flexibility index (Phi) is 7.25. The van der Waals surface area contributed by atoms with Gasteiger partial charge in [-0.2, -0.15) is 0 Å². The topological polar surface area (TPSA) is 75.6 Å². The molecule has 2 N–H and O–H groups in total. The minimum absolute atomic E-state index is 0.113. The third-order valence-electron chi connectivity index (χ3n) is 2.34. The van der Waals surface area contributed by atoms with E-state index in [0.29, 0.717) is 0 Å². The normalized spacial score (nSPS) is 12.1. The standard InChI is InChI=1S/C11H13Cl2F2NO4S/c12-8-4-9(13)10(3-7(8)5-17)21(18,19)16-1-2-20-6-11(14)15/h3-4,11,16-17H,1-2,5-6H2. The van der Waals surface area contributed by atoms with Crippen LogP contribution in [0.25, 0.3) is 0 Å². The second-order valence-electron chi connectivity index (χ2n) is 3.90. The van der Waals surface area contributed by atoms with E-state index in [9.17, 15) is 17.2 Å². The molecule has 0 heterocycles. The van der Waals surface area contributed by atoms with Crippen molar-refractivity contribution < 1.29 is 27.0 Å². The van der Waals surface area contributed by atoms with Gasteiger partial charge in [-0.25, -0.2) is 21.9 Å². The molecule has 1 aromatic carbocycles. The molecular weight excluding hydrogens is 351 g/mol. The van der Waals surface area contributed by atoms with Gasteiger partial charge in [0.05, 0.1) is 18.2 Å². The first-order valence-corrected chi connectivity index (χ1v) is 7.96. The van der Waals surface area contributed by atoms with Gasteiger partial charge < -0.3 is 9.84 Å². The number of hydrogen-bond donors (Lipinski definition) is 2. The molecule has 0 fully saturated rings.